The van der Waals surface area contributed by atoms with E-state index in [-0.39, 0.29) is 8.41 Å². The minimum atomic E-state index is 0. The van der Waals surface area contributed by atoms with E-state index in [1.165, 1.54) is 73.8 Å². The highest BCUT2D eigenvalue weighted by Gasteiger charge is 2.13. The van der Waals surface area contributed by atoms with Crippen LogP contribution in [-0.4, -0.2) is 34.6 Å². The third-order valence-corrected chi connectivity index (χ3v) is 6.21. The molecule has 2 nitrogen and oxygen atoms in total. The lowest BCUT2D eigenvalue weighted by atomic mass is 10.3. The fourth-order valence-corrected chi connectivity index (χ4v) is 4.63. The molecule has 2 aromatic rings. The maximum atomic E-state index is 2.50. The molecule has 2 aliphatic rings. The van der Waals surface area contributed by atoms with Crippen LogP contribution >= 0.6 is 8.58 Å². The normalized spacial score (nSPS) is 17.2. The summed E-state index contributed by atoms with van der Waals surface area (Å²) in [7, 11) is 0.753. The third kappa shape index (κ3) is 3.95. The highest BCUT2D eigenvalue weighted by molar-refractivity contribution is 7.55. The van der Waals surface area contributed by atoms with Gasteiger partial charge in [-0.15, -0.1) is 0 Å². The van der Waals surface area contributed by atoms with Crippen LogP contribution in [0, 0.1) is 0 Å². The van der Waals surface area contributed by atoms with Crippen LogP contribution in [0.1, 0.15) is 25.7 Å². The van der Waals surface area contributed by atoms with Gasteiger partial charge in [-0.05, 0) is 60.6 Å². The van der Waals surface area contributed by atoms with Gasteiger partial charge in [0, 0.05) is 46.0 Å². The van der Waals surface area contributed by atoms with E-state index in [0.29, 0.717) is 0 Å². The van der Waals surface area contributed by atoms with Gasteiger partial charge in [-0.2, -0.15) is 0 Å². The predicted octanol–water partition coefficient (Wildman–Crippen LogP) is 3.14. The van der Waals surface area contributed by atoms with Gasteiger partial charge in [0.05, 0.1) is 0 Å². The molecule has 4 heteroatoms. The van der Waals surface area contributed by atoms with Crippen molar-refractivity contribution in [1.82, 2.24) is 0 Å². The molecule has 0 amide bonds. The van der Waals surface area contributed by atoms with Crippen molar-refractivity contribution >= 4 is 39.0 Å². The molecule has 0 saturated carbocycles. The lowest BCUT2D eigenvalue weighted by Crippen LogP contribution is -2.18. The first-order chi connectivity index (χ1) is 11.4. The summed E-state index contributed by atoms with van der Waals surface area (Å²) in [5, 5.41) is 2.86. The molecule has 0 N–H and O–H groups in total. The Morgan fingerprint density at radius 3 is 1.21 bits per heavy atom. The highest BCUT2D eigenvalue weighted by Crippen LogP contribution is 2.22. The highest BCUT2D eigenvalue weighted by atomic mass is 31.1. The molecule has 2 heterocycles. The van der Waals surface area contributed by atoms with Crippen LogP contribution in [0.15, 0.2) is 48.5 Å². The summed E-state index contributed by atoms with van der Waals surface area (Å²) in [6, 6.07) is 18.4. The number of hydrogen-bond acceptors (Lipinski definition) is 2. The lowest BCUT2D eigenvalue weighted by Gasteiger charge is -2.18. The van der Waals surface area contributed by atoms with E-state index in [2.05, 4.69) is 58.3 Å². The standard InChI is InChI=1S/C20H25N2P.B/c1-2-14-21(13-1)17-5-9-19(10-6-17)23-20-11-7-18(8-12-20)22-15-3-4-16-22;/h5-12,23H,1-4,13-16H2;. The fraction of sp³-hybridized carbons (Fsp3) is 0.400. The first-order valence-electron chi connectivity index (χ1n) is 8.85. The summed E-state index contributed by atoms with van der Waals surface area (Å²) in [6.07, 6.45) is 5.36. The average molecular weight is 335 g/mol. The Morgan fingerprint density at radius 2 is 0.875 bits per heavy atom. The summed E-state index contributed by atoms with van der Waals surface area (Å²) in [5.74, 6) is 0. The molecule has 2 fully saturated rings. The van der Waals surface area contributed by atoms with Gasteiger partial charge in [-0.1, -0.05) is 32.8 Å². The Balaban J connectivity index is 0.00000169. The molecule has 0 atom stereocenters. The van der Waals surface area contributed by atoms with Gasteiger partial charge in [0.1, 0.15) is 0 Å². The van der Waals surface area contributed by atoms with Crippen molar-refractivity contribution in [3.63, 3.8) is 0 Å². The van der Waals surface area contributed by atoms with Crippen LogP contribution in [-0.2, 0) is 0 Å². The van der Waals surface area contributed by atoms with Gasteiger partial charge >= 0.3 is 0 Å². The van der Waals surface area contributed by atoms with E-state index >= 15 is 0 Å². The van der Waals surface area contributed by atoms with Crippen LogP contribution in [0.2, 0.25) is 0 Å². The summed E-state index contributed by atoms with van der Waals surface area (Å²) < 4.78 is 0. The Labute approximate surface area is 149 Å². The second kappa shape index (κ2) is 8.07. The maximum Gasteiger partial charge on any atom is 0.0366 e. The first kappa shape index (κ1) is 17.4. The molecule has 2 aliphatic heterocycles. The number of hydrogen-bond donors (Lipinski definition) is 0. The van der Waals surface area contributed by atoms with Gasteiger partial charge in [0.25, 0.3) is 0 Å². The number of nitrogens with zero attached hydrogens (tertiary/aromatic N) is 2. The predicted molar refractivity (Wildman–Crippen MR) is 109 cm³/mol. The average Bonchev–Trinajstić information content (AvgIpc) is 3.30. The molecule has 24 heavy (non-hydrogen) atoms. The summed E-state index contributed by atoms with van der Waals surface area (Å²) in [6.45, 7) is 4.89. The minimum absolute atomic E-state index is 0. The second-order valence-electron chi connectivity index (χ2n) is 6.61. The van der Waals surface area contributed by atoms with Crippen molar-refractivity contribution in [1.29, 1.82) is 0 Å². The van der Waals surface area contributed by atoms with Crippen molar-refractivity contribution in [2.75, 3.05) is 36.0 Å². The minimum Gasteiger partial charge on any atom is -0.372 e. The summed E-state index contributed by atoms with van der Waals surface area (Å²) in [4.78, 5) is 5.00. The quantitative estimate of drug-likeness (QED) is 0.626. The number of rotatable bonds is 4. The fourth-order valence-electron chi connectivity index (χ4n) is 3.63. The zero-order chi connectivity index (χ0) is 15.5. The molecule has 0 bridgehead atoms. The van der Waals surface area contributed by atoms with Gasteiger partial charge in [-0.25, -0.2) is 0 Å². The Kier molecular flexibility index (Phi) is 5.84. The van der Waals surface area contributed by atoms with E-state index in [9.17, 15) is 0 Å². The summed E-state index contributed by atoms with van der Waals surface area (Å²) >= 11 is 0. The molecule has 2 saturated heterocycles. The monoisotopic (exact) mass is 335 g/mol. The third-order valence-electron chi connectivity index (χ3n) is 4.97. The number of benzene rings is 2. The van der Waals surface area contributed by atoms with Crippen LogP contribution in [0.25, 0.3) is 0 Å². The molecule has 4 rings (SSSR count). The van der Waals surface area contributed by atoms with Gasteiger partial charge in [0.2, 0.25) is 0 Å². The molecule has 123 valence electrons. The Bertz CT molecular complexity index is 572. The molecular weight excluding hydrogens is 310 g/mol. The Hall–Kier alpha value is -1.47. The van der Waals surface area contributed by atoms with Crippen molar-refractivity contribution in [3.05, 3.63) is 48.5 Å². The van der Waals surface area contributed by atoms with E-state index in [1.54, 1.807) is 0 Å². The van der Waals surface area contributed by atoms with Crippen molar-refractivity contribution in [3.8, 4) is 0 Å². The van der Waals surface area contributed by atoms with Crippen LogP contribution in [0.3, 0.4) is 0 Å². The maximum absolute atomic E-state index is 2.50. The summed E-state index contributed by atoms with van der Waals surface area (Å²) in [5.41, 5.74) is 2.78. The lowest BCUT2D eigenvalue weighted by molar-refractivity contribution is 0.949. The number of anilines is 2. The van der Waals surface area contributed by atoms with Crippen molar-refractivity contribution in [2.45, 2.75) is 25.7 Å². The SMILES string of the molecule is [B].c1cc(N2CCCC2)ccc1Pc1ccc(N2CCCC2)cc1. The van der Waals surface area contributed by atoms with E-state index in [0.717, 1.165) is 8.58 Å². The van der Waals surface area contributed by atoms with Gasteiger partial charge < -0.3 is 9.80 Å². The van der Waals surface area contributed by atoms with Crippen LogP contribution in [0.5, 0.6) is 0 Å². The van der Waals surface area contributed by atoms with Gasteiger partial charge in [0.15, 0.2) is 0 Å². The molecule has 0 aliphatic carbocycles. The second-order valence-corrected chi connectivity index (χ2v) is 8.01. The van der Waals surface area contributed by atoms with Crippen molar-refractivity contribution < 1.29 is 0 Å². The van der Waals surface area contributed by atoms with E-state index in [4.69, 9.17) is 0 Å². The van der Waals surface area contributed by atoms with Crippen LogP contribution < -0.4 is 20.4 Å². The molecule has 2 aromatic carbocycles. The molecule has 0 unspecified atom stereocenters. The zero-order valence-corrected chi connectivity index (χ0v) is 15.2. The Morgan fingerprint density at radius 1 is 0.542 bits per heavy atom. The molecule has 0 spiro atoms. The molecule has 0 aromatic heterocycles. The topological polar surface area (TPSA) is 6.48 Å². The zero-order valence-electron chi connectivity index (χ0n) is 14.2. The van der Waals surface area contributed by atoms with E-state index in [1.807, 2.05) is 0 Å². The molecular formula is C20H25BN2P. The van der Waals surface area contributed by atoms with Crippen LogP contribution in [0.4, 0.5) is 11.4 Å². The van der Waals surface area contributed by atoms with E-state index < -0.39 is 0 Å². The van der Waals surface area contributed by atoms with Gasteiger partial charge in [-0.3, -0.25) is 0 Å². The largest absolute Gasteiger partial charge is 0.372 e. The first-order valence-corrected chi connectivity index (χ1v) is 9.85. The van der Waals surface area contributed by atoms with Crippen molar-refractivity contribution in [2.24, 2.45) is 0 Å². The molecule has 3 radical (unpaired) electrons. The smallest absolute Gasteiger partial charge is 0.0366 e.